The van der Waals surface area contributed by atoms with Crippen molar-refractivity contribution in [1.29, 1.82) is 0 Å². The van der Waals surface area contributed by atoms with Crippen molar-refractivity contribution in [3.8, 4) is 0 Å². The van der Waals surface area contributed by atoms with Crippen LogP contribution in [0.2, 0.25) is 0 Å². The molecule has 0 radical (unpaired) electrons. The highest BCUT2D eigenvalue weighted by atomic mass is 19.4. The zero-order valence-electron chi connectivity index (χ0n) is 15.3. The van der Waals surface area contributed by atoms with E-state index in [4.69, 9.17) is 4.74 Å². The van der Waals surface area contributed by atoms with Crippen LogP contribution in [0.5, 0.6) is 0 Å². The molecular formula is C21H21F3O3. The topological polar surface area (TPSA) is 43.4 Å². The Morgan fingerprint density at radius 1 is 0.926 bits per heavy atom. The van der Waals surface area contributed by atoms with Gasteiger partial charge in [0.05, 0.1) is 11.5 Å². The van der Waals surface area contributed by atoms with E-state index >= 15 is 0 Å². The lowest BCUT2D eigenvalue weighted by Crippen LogP contribution is -2.32. The quantitative estimate of drug-likeness (QED) is 0.547. The molecular weight excluding hydrogens is 357 g/mol. The predicted molar refractivity (Wildman–Crippen MR) is 95.2 cm³/mol. The first kappa shape index (κ1) is 20.7. The number of benzene rings is 2. The van der Waals surface area contributed by atoms with Crippen LogP contribution in [0.4, 0.5) is 13.2 Å². The maximum atomic E-state index is 12.8. The molecule has 1 atom stereocenters. The Morgan fingerprint density at radius 3 is 1.96 bits per heavy atom. The minimum absolute atomic E-state index is 0.185. The van der Waals surface area contributed by atoms with E-state index < -0.39 is 35.0 Å². The fourth-order valence-electron chi connectivity index (χ4n) is 2.59. The molecule has 0 saturated heterocycles. The number of ether oxygens (including phenoxy) is 1. The van der Waals surface area contributed by atoms with Gasteiger partial charge in [0.2, 0.25) is 5.78 Å². The number of carbonyl (C=O) groups excluding carboxylic acids is 2. The van der Waals surface area contributed by atoms with Crippen molar-refractivity contribution in [2.75, 3.05) is 0 Å². The number of Topliss-reactive ketones (excluding diaryl/α,β-unsaturated/α-hetero) is 1. The van der Waals surface area contributed by atoms with Crippen molar-refractivity contribution in [3.63, 3.8) is 0 Å². The van der Waals surface area contributed by atoms with Crippen LogP contribution in [-0.2, 0) is 26.9 Å². The van der Waals surface area contributed by atoms with E-state index in [9.17, 15) is 22.8 Å². The summed E-state index contributed by atoms with van der Waals surface area (Å²) in [5.41, 5.74) is -0.527. The maximum Gasteiger partial charge on any atom is 0.416 e. The Morgan fingerprint density at radius 2 is 1.48 bits per heavy atom. The summed E-state index contributed by atoms with van der Waals surface area (Å²) in [6, 6.07) is 13.3. The Hall–Kier alpha value is -2.63. The lowest BCUT2D eigenvalue weighted by molar-refractivity contribution is -0.163. The molecule has 0 fully saturated rings. The van der Waals surface area contributed by atoms with Crippen LogP contribution in [0, 0.1) is 0 Å². The number of alkyl halides is 3. The predicted octanol–water partition coefficient (Wildman–Crippen LogP) is 4.94. The molecule has 0 N–H and O–H groups in total. The smallest absolute Gasteiger partial charge is 0.416 e. The van der Waals surface area contributed by atoms with E-state index in [1.54, 1.807) is 45.0 Å². The Balaban J connectivity index is 2.34. The maximum absolute atomic E-state index is 12.8. The third-order valence-electron chi connectivity index (χ3n) is 3.84. The van der Waals surface area contributed by atoms with Crippen LogP contribution in [-0.4, -0.2) is 17.4 Å². The summed E-state index contributed by atoms with van der Waals surface area (Å²) in [7, 11) is 0. The number of rotatable bonds is 5. The molecule has 0 bridgehead atoms. The van der Waals surface area contributed by atoms with Crippen molar-refractivity contribution in [2.45, 2.75) is 44.9 Å². The summed E-state index contributed by atoms with van der Waals surface area (Å²) in [4.78, 5) is 24.9. The largest absolute Gasteiger partial charge is 0.454 e. The van der Waals surface area contributed by atoms with Gasteiger partial charge in [0, 0.05) is 0 Å². The van der Waals surface area contributed by atoms with Gasteiger partial charge in [0.25, 0.3) is 0 Å². The minimum Gasteiger partial charge on any atom is -0.454 e. The Labute approximate surface area is 156 Å². The van der Waals surface area contributed by atoms with Gasteiger partial charge < -0.3 is 4.74 Å². The second-order valence-corrected chi connectivity index (χ2v) is 7.23. The van der Waals surface area contributed by atoms with Crippen LogP contribution in [0.25, 0.3) is 0 Å². The van der Waals surface area contributed by atoms with Crippen molar-refractivity contribution in [3.05, 3.63) is 71.3 Å². The zero-order chi connectivity index (χ0) is 20.2. The molecule has 0 aromatic heterocycles. The number of hydrogen-bond donors (Lipinski definition) is 0. The molecule has 0 amide bonds. The Kier molecular flexibility index (Phi) is 6.08. The molecule has 0 aliphatic carbocycles. The summed E-state index contributed by atoms with van der Waals surface area (Å²) in [5, 5.41) is 0. The van der Waals surface area contributed by atoms with Crippen molar-refractivity contribution in [1.82, 2.24) is 0 Å². The SMILES string of the molecule is CC(C)(C)OC(=O)C(=O)C(Cc1ccccc1)c1ccc(C(F)(F)F)cc1. The van der Waals surface area contributed by atoms with Crippen LogP contribution in [0.15, 0.2) is 54.6 Å². The molecule has 2 aromatic rings. The van der Waals surface area contributed by atoms with Crippen LogP contribution < -0.4 is 0 Å². The summed E-state index contributed by atoms with van der Waals surface area (Å²) in [6.07, 6.45) is -4.28. The molecule has 3 nitrogen and oxygen atoms in total. The highest BCUT2D eigenvalue weighted by molar-refractivity contribution is 6.36. The molecule has 2 aromatic carbocycles. The first-order chi connectivity index (χ1) is 12.5. The zero-order valence-corrected chi connectivity index (χ0v) is 15.3. The van der Waals surface area contributed by atoms with Crippen molar-refractivity contribution >= 4 is 11.8 Å². The van der Waals surface area contributed by atoms with E-state index in [2.05, 4.69) is 0 Å². The lowest BCUT2D eigenvalue weighted by Gasteiger charge is -2.22. The van der Waals surface area contributed by atoms with Gasteiger partial charge in [-0.05, 0) is 50.5 Å². The standard InChI is InChI=1S/C21H21F3O3/c1-20(2,3)27-19(26)18(25)17(13-14-7-5-4-6-8-14)15-9-11-16(12-10-15)21(22,23)24/h4-12,17H,13H2,1-3H3. The number of ketones is 1. The second-order valence-electron chi connectivity index (χ2n) is 7.23. The molecule has 0 saturated carbocycles. The van der Waals surface area contributed by atoms with Crippen LogP contribution in [0.1, 0.15) is 43.4 Å². The fourth-order valence-corrected chi connectivity index (χ4v) is 2.59. The lowest BCUT2D eigenvalue weighted by atomic mass is 9.88. The molecule has 0 aliphatic heterocycles. The minimum atomic E-state index is -4.47. The molecule has 0 heterocycles. The van der Waals surface area contributed by atoms with E-state index in [1.807, 2.05) is 6.07 Å². The summed E-state index contributed by atoms with van der Waals surface area (Å²) < 4.78 is 43.5. The van der Waals surface area contributed by atoms with Gasteiger partial charge in [0.15, 0.2) is 0 Å². The van der Waals surface area contributed by atoms with E-state index in [0.717, 1.165) is 17.7 Å². The van der Waals surface area contributed by atoms with Gasteiger partial charge in [-0.3, -0.25) is 4.79 Å². The number of carbonyl (C=O) groups is 2. The molecule has 27 heavy (non-hydrogen) atoms. The molecule has 1 unspecified atom stereocenters. The fraction of sp³-hybridized carbons (Fsp3) is 0.333. The first-order valence-corrected chi connectivity index (χ1v) is 8.45. The van der Waals surface area contributed by atoms with E-state index in [0.29, 0.717) is 5.56 Å². The van der Waals surface area contributed by atoms with Gasteiger partial charge in [-0.2, -0.15) is 13.2 Å². The van der Waals surface area contributed by atoms with Gasteiger partial charge in [-0.1, -0.05) is 42.5 Å². The molecule has 0 spiro atoms. The molecule has 144 valence electrons. The monoisotopic (exact) mass is 378 g/mol. The number of esters is 1. The highest BCUT2D eigenvalue weighted by Gasteiger charge is 2.33. The van der Waals surface area contributed by atoms with Gasteiger partial charge in [0.1, 0.15) is 5.60 Å². The van der Waals surface area contributed by atoms with Gasteiger partial charge in [-0.15, -0.1) is 0 Å². The average molecular weight is 378 g/mol. The summed E-state index contributed by atoms with van der Waals surface area (Å²) >= 11 is 0. The highest BCUT2D eigenvalue weighted by Crippen LogP contribution is 2.31. The summed E-state index contributed by atoms with van der Waals surface area (Å²) in [5.74, 6) is -2.71. The van der Waals surface area contributed by atoms with Gasteiger partial charge >= 0.3 is 12.1 Å². The van der Waals surface area contributed by atoms with E-state index in [-0.39, 0.29) is 6.42 Å². The van der Waals surface area contributed by atoms with Crippen molar-refractivity contribution in [2.24, 2.45) is 0 Å². The van der Waals surface area contributed by atoms with Gasteiger partial charge in [-0.25, -0.2) is 4.79 Å². The average Bonchev–Trinajstić information content (AvgIpc) is 2.58. The van der Waals surface area contributed by atoms with Crippen LogP contribution >= 0.6 is 0 Å². The summed E-state index contributed by atoms with van der Waals surface area (Å²) in [6.45, 7) is 4.92. The first-order valence-electron chi connectivity index (χ1n) is 8.45. The molecule has 6 heteroatoms. The third-order valence-corrected chi connectivity index (χ3v) is 3.84. The molecule has 0 aliphatic rings. The van der Waals surface area contributed by atoms with Crippen LogP contribution in [0.3, 0.4) is 0 Å². The molecule has 2 rings (SSSR count). The third kappa shape index (κ3) is 5.94. The van der Waals surface area contributed by atoms with E-state index in [1.165, 1.54) is 12.1 Å². The number of hydrogen-bond acceptors (Lipinski definition) is 3. The Bertz CT molecular complexity index is 788. The second kappa shape index (κ2) is 7.94. The van der Waals surface area contributed by atoms with Crippen molar-refractivity contribution < 1.29 is 27.5 Å². The normalized spacial score (nSPS) is 13.1. The number of halogens is 3.